The summed E-state index contributed by atoms with van der Waals surface area (Å²) < 4.78 is 1.67. The molecule has 100 valence electrons. The summed E-state index contributed by atoms with van der Waals surface area (Å²) in [5.74, 6) is -1.04. The van der Waals surface area contributed by atoms with Crippen molar-refractivity contribution in [2.24, 2.45) is 5.73 Å². The first-order valence-electron chi connectivity index (χ1n) is 5.92. The Kier molecular flexibility index (Phi) is 4.19. The molecular formula is C12H15N5O2. The maximum Gasteiger partial charge on any atom is 0.320 e. The zero-order valence-corrected chi connectivity index (χ0v) is 10.3. The molecule has 19 heavy (non-hydrogen) atoms. The van der Waals surface area contributed by atoms with Gasteiger partial charge in [0, 0.05) is 37.5 Å². The van der Waals surface area contributed by atoms with E-state index in [9.17, 15) is 4.79 Å². The van der Waals surface area contributed by atoms with Gasteiger partial charge in [-0.3, -0.25) is 14.5 Å². The van der Waals surface area contributed by atoms with Crippen molar-refractivity contribution in [3.8, 4) is 0 Å². The van der Waals surface area contributed by atoms with E-state index >= 15 is 0 Å². The standard InChI is InChI=1S/C12H15N5O2/c13-11(12(18)19)7-10-8-17(16-15-10)6-4-9-3-1-2-5-14-9/h1-3,5,8,11H,4,6-7,13H2,(H,18,19). The van der Waals surface area contributed by atoms with Crippen LogP contribution >= 0.6 is 0 Å². The highest BCUT2D eigenvalue weighted by Gasteiger charge is 2.14. The number of carbonyl (C=O) groups is 1. The van der Waals surface area contributed by atoms with Crippen LogP contribution in [-0.2, 0) is 24.2 Å². The minimum absolute atomic E-state index is 0.179. The van der Waals surface area contributed by atoms with Gasteiger partial charge < -0.3 is 10.8 Å². The summed E-state index contributed by atoms with van der Waals surface area (Å²) in [5, 5.41) is 16.5. The van der Waals surface area contributed by atoms with Gasteiger partial charge in [-0.15, -0.1) is 5.10 Å². The predicted octanol–water partition coefficient (Wildman–Crippen LogP) is -0.130. The van der Waals surface area contributed by atoms with E-state index in [0.717, 1.165) is 12.1 Å². The summed E-state index contributed by atoms with van der Waals surface area (Å²) in [6, 6.07) is 4.80. The molecule has 3 N–H and O–H groups in total. The molecule has 2 rings (SSSR count). The number of carboxylic acids is 1. The molecule has 0 aliphatic rings. The second kappa shape index (κ2) is 6.05. The fourth-order valence-electron chi connectivity index (χ4n) is 1.63. The molecule has 7 nitrogen and oxygen atoms in total. The van der Waals surface area contributed by atoms with Crippen LogP contribution in [0.1, 0.15) is 11.4 Å². The smallest absolute Gasteiger partial charge is 0.320 e. The lowest BCUT2D eigenvalue weighted by Crippen LogP contribution is -2.32. The van der Waals surface area contributed by atoms with E-state index < -0.39 is 12.0 Å². The van der Waals surface area contributed by atoms with Crippen molar-refractivity contribution in [2.45, 2.75) is 25.4 Å². The number of nitrogens with two attached hydrogens (primary N) is 1. The van der Waals surface area contributed by atoms with Crippen molar-refractivity contribution >= 4 is 5.97 Å². The van der Waals surface area contributed by atoms with Crippen molar-refractivity contribution in [1.82, 2.24) is 20.0 Å². The van der Waals surface area contributed by atoms with E-state index in [0.29, 0.717) is 12.2 Å². The molecule has 2 aromatic heterocycles. The van der Waals surface area contributed by atoms with Gasteiger partial charge in [0.1, 0.15) is 6.04 Å². The van der Waals surface area contributed by atoms with E-state index in [1.54, 1.807) is 17.1 Å². The Labute approximate surface area is 110 Å². The first-order valence-corrected chi connectivity index (χ1v) is 5.92. The zero-order chi connectivity index (χ0) is 13.7. The predicted molar refractivity (Wildman–Crippen MR) is 67.3 cm³/mol. The van der Waals surface area contributed by atoms with E-state index in [1.165, 1.54) is 0 Å². The quantitative estimate of drug-likeness (QED) is 0.750. The highest BCUT2D eigenvalue weighted by Crippen LogP contribution is 2.01. The van der Waals surface area contributed by atoms with E-state index in [2.05, 4.69) is 15.3 Å². The highest BCUT2D eigenvalue weighted by molar-refractivity contribution is 5.73. The highest BCUT2D eigenvalue weighted by atomic mass is 16.4. The van der Waals surface area contributed by atoms with Gasteiger partial charge in [0.2, 0.25) is 0 Å². The van der Waals surface area contributed by atoms with Crippen molar-refractivity contribution in [3.63, 3.8) is 0 Å². The fraction of sp³-hybridized carbons (Fsp3) is 0.333. The van der Waals surface area contributed by atoms with Crippen LogP contribution in [0.3, 0.4) is 0 Å². The Morgan fingerprint density at radius 2 is 2.26 bits per heavy atom. The van der Waals surface area contributed by atoms with Gasteiger partial charge in [-0.25, -0.2) is 0 Å². The lowest BCUT2D eigenvalue weighted by molar-refractivity contribution is -0.138. The van der Waals surface area contributed by atoms with E-state index in [-0.39, 0.29) is 6.42 Å². The first-order chi connectivity index (χ1) is 9.15. The summed E-state index contributed by atoms with van der Waals surface area (Å²) in [6.07, 6.45) is 4.38. The molecule has 0 fully saturated rings. The maximum atomic E-state index is 10.6. The summed E-state index contributed by atoms with van der Waals surface area (Å²) >= 11 is 0. The topological polar surface area (TPSA) is 107 Å². The molecule has 0 saturated carbocycles. The maximum absolute atomic E-state index is 10.6. The number of hydrogen-bond acceptors (Lipinski definition) is 5. The molecule has 0 aliphatic carbocycles. The minimum atomic E-state index is -1.04. The number of aromatic nitrogens is 4. The molecule has 0 radical (unpaired) electrons. The Hall–Kier alpha value is -2.28. The van der Waals surface area contributed by atoms with Crippen LogP contribution in [0.5, 0.6) is 0 Å². The largest absolute Gasteiger partial charge is 0.480 e. The van der Waals surface area contributed by atoms with Crippen LogP contribution < -0.4 is 5.73 Å². The molecule has 7 heteroatoms. The van der Waals surface area contributed by atoms with Gasteiger partial charge in [0.05, 0.1) is 5.69 Å². The third kappa shape index (κ3) is 3.85. The van der Waals surface area contributed by atoms with Gasteiger partial charge in [0.15, 0.2) is 0 Å². The molecular weight excluding hydrogens is 246 g/mol. The monoisotopic (exact) mass is 261 g/mol. The molecule has 0 spiro atoms. The SMILES string of the molecule is NC(Cc1cn(CCc2ccccn2)nn1)C(=O)O. The molecule has 0 aromatic carbocycles. The number of nitrogens with zero attached hydrogens (tertiary/aromatic N) is 4. The molecule has 1 unspecified atom stereocenters. The average Bonchev–Trinajstić information content (AvgIpc) is 2.85. The van der Waals surface area contributed by atoms with E-state index in [4.69, 9.17) is 10.8 Å². The van der Waals surface area contributed by atoms with Crippen LogP contribution in [0.25, 0.3) is 0 Å². The van der Waals surface area contributed by atoms with Gasteiger partial charge in [-0.2, -0.15) is 0 Å². The number of aliphatic carboxylic acids is 1. The van der Waals surface area contributed by atoms with Crippen molar-refractivity contribution in [2.75, 3.05) is 0 Å². The van der Waals surface area contributed by atoms with Crippen molar-refractivity contribution < 1.29 is 9.90 Å². The third-order valence-corrected chi connectivity index (χ3v) is 2.66. The molecule has 1 atom stereocenters. The Balaban J connectivity index is 1.89. The number of aryl methyl sites for hydroxylation is 2. The number of carboxylic acid groups (broad SMARTS) is 1. The fourth-order valence-corrected chi connectivity index (χ4v) is 1.63. The molecule has 0 saturated heterocycles. The molecule has 0 amide bonds. The van der Waals surface area contributed by atoms with Crippen LogP contribution in [0.15, 0.2) is 30.6 Å². The Morgan fingerprint density at radius 3 is 2.95 bits per heavy atom. The van der Waals surface area contributed by atoms with Gasteiger partial charge in [-0.1, -0.05) is 11.3 Å². The van der Waals surface area contributed by atoms with Crippen LogP contribution in [-0.4, -0.2) is 37.1 Å². The van der Waals surface area contributed by atoms with Crippen LogP contribution in [0.4, 0.5) is 0 Å². The average molecular weight is 261 g/mol. The lowest BCUT2D eigenvalue weighted by atomic mass is 10.2. The number of pyridine rings is 1. The summed E-state index contributed by atoms with van der Waals surface area (Å²) in [6.45, 7) is 0.645. The first kappa shape index (κ1) is 13.2. The summed E-state index contributed by atoms with van der Waals surface area (Å²) in [5.41, 5.74) is 6.99. The Morgan fingerprint density at radius 1 is 1.42 bits per heavy atom. The minimum Gasteiger partial charge on any atom is -0.480 e. The third-order valence-electron chi connectivity index (χ3n) is 2.66. The molecule has 2 aromatic rings. The van der Waals surface area contributed by atoms with Crippen molar-refractivity contribution in [1.29, 1.82) is 0 Å². The Bertz CT molecular complexity index is 540. The van der Waals surface area contributed by atoms with Crippen LogP contribution in [0, 0.1) is 0 Å². The zero-order valence-electron chi connectivity index (χ0n) is 10.3. The molecule has 2 heterocycles. The second-order valence-corrected chi connectivity index (χ2v) is 4.19. The van der Waals surface area contributed by atoms with Gasteiger partial charge in [-0.05, 0) is 12.1 Å². The second-order valence-electron chi connectivity index (χ2n) is 4.19. The van der Waals surface area contributed by atoms with E-state index in [1.807, 2.05) is 18.2 Å². The normalized spacial score (nSPS) is 12.3. The van der Waals surface area contributed by atoms with Crippen molar-refractivity contribution in [3.05, 3.63) is 42.0 Å². The molecule has 0 aliphatic heterocycles. The van der Waals surface area contributed by atoms with Crippen LogP contribution in [0.2, 0.25) is 0 Å². The number of hydrogen-bond donors (Lipinski definition) is 2. The summed E-state index contributed by atoms with van der Waals surface area (Å²) in [4.78, 5) is 14.8. The van der Waals surface area contributed by atoms with Gasteiger partial charge in [0.25, 0.3) is 0 Å². The summed E-state index contributed by atoms with van der Waals surface area (Å²) in [7, 11) is 0. The van der Waals surface area contributed by atoms with Gasteiger partial charge >= 0.3 is 5.97 Å². The number of rotatable bonds is 6. The molecule has 0 bridgehead atoms. The lowest BCUT2D eigenvalue weighted by Gasteiger charge is -2.02.